The first-order valence-corrected chi connectivity index (χ1v) is 3.41. The van der Waals surface area contributed by atoms with Crippen LogP contribution in [0, 0.1) is 17.4 Å². The molecule has 11 heavy (non-hydrogen) atoms. The Balaban J connectivity index is 4.16. The van der Waals surface area contributed by atoms with E-state index in [1.165, 1.54) is 10.0 Å². The van der Waals surface area contributed by atoms with Crippen LogP contribution in [0.4, 0.5) is 0 Å². The first-order valence-electron chi connectivity index (χ1n) is 3.41. The van der Waals surface area contributed by atoms with Gasteiger partial charge < -0.3 is 0 Å². The molecule has 0 atom stereocenters. The number of nitrogens with zero attached hydrogens (tertiary/aromatic N) is 3. The molecule has 62 valence electrons. The van der Waals surface area contributed by atoms with Crippen LogP contribution < -0.4 is 0 Å². The summed E-state index contributed by atoms with van der Waals surface area (Å²) in [6.07, 6.45) is 1.84. The minimum atomic E-state index is -0.0733. The highest BCUT2D eigenvalue weighted by Crippen LogP contribution is 1.99. The molecule has 0 N–H and O–H groups in total. The summed E-state index contributed by atoms with van der Waals surface area (Å²) in [5.74, 6) is -0.134. The van der Waals surface area contributed by atoms with Gasteiger partial charge in [-0.3, -0.25) is 4.79 Å². The van der Waals surface area contributed by atoms with Crippen molar-refractivity contribution < 1.29 is 4.79 Å². The van der Waals surface area contributed by atoms with E-state index in [0.29, 0.717) is 0 Å². The summed E-state index contributed by atoms with van der Waals surface area (Å²) in [7, 11) is 3.12. The topological polar surface area (TPSA) is 47.3 Å². The third-order valence-corrected chi connectivity index (χ3v) is 1.41. The monoisotopic (exact) mass is 155 g/mol. The van der Waals surface area contributed by atoms with Gasteiger partial charge in [0.2, 0.25) is 5.91 Å². The molecule has 0 aliphatic carbocycles. The Morgan fingerprint density at radius 2 is 1.91 bits per heavy atom. The first-order chi connectivity index (χ1) is 5.00. The van der Waals surface area contributed by atoms with Crippen molar-refractivity contribution in [2.45, 2.75) is 13.8 Å². The maximum absolute atomic E-state index is 11.2. The SMILES string of the molecule is CC(C)C(=O)N(C)N(C)C#N. The van der Waals surface area contributed by atoms with E-state index in [9.17, 15) is 4.79 Å². The van der Waals surface area contributed by atoms with Gasteiger partial charge in [-0.05, 0) is 0 Å². The lowest BCUT2D eigenvalue weighted by molar-refractivity contribution is -0.142. The zero-order chi connectivity index (χ0) is 9.02. The fourth-order valence-electron chi connectivity index (χ4n) is 0.589. The molecule has 0 heterocycles. The van der Waals surface area contributed by atoms with E-state index in [1.807, 2.05) is 6.19 Å². The van der Waals surface area contributed by atoms with Crippen LogP contribution in [-0.2, 0) is 4.79 Å². The number of hydrogen-bond donors (Lipinski definition) is 0. The van der Waals surface area contributed by atoms with Gasteiger partial charge in [0.05, 0.1) is 0 Å². The summed E-state index contributed by atoms with van der Waals surface area (Å²) in [5, 5.41) is 10.9. The van der Waals surface area contributed by atoms with Crippen LogP contribution in [0.5, 0.6) is 0 Å². The average Bonchev–Trinajstić information content (AvgIpc) is 2.00. The molecule has 0 aromatic carbocycles. The van der Waals surface area contributed by atoms with Gasteiger partial charge in [0.25, 0.3) is 0 Å². The predicted molar refractivity (Wildman–Crippen MR) is 41.0 cm³/mol. The van der Waals surface area contributed by atoms with Gasteiger partial charge in [-0.15, -0.1) is 0 Å². The molecule has 0 aliphatic heterocycles. The third kappa shape index (κ3) is 2.46. The van der Waals surface area contributed by atoms with E-state index < -0.39 is 0 Å². The lowest BCUT2D eigenvalue weighted by Gasteiger charge is -2.24. The Morgan fingerprint density at radius 3 is 2.18 bits per heavy atom. The van der Waals surface area contributed by atoms with Crippen LogP contribution in [0.15, 0.2) is 0 Å². The average molecular weight is 155 g/mol. The number of hydrogen-bond acceptors (Lipinski definition) is 3. The van der Waals surface area contributed by atoms with E-state index in [0.717, 1.165) is 0 Å². The molecular formula is C7H13N3O. The summed E-state index contributed by atoms with van der Waals surface area (Å²) in [5.41, 5.74) is 0. The van der Waals surface area contributed by atoms with Crippen molar-refractivity contribution in [2.24, 2.45) is 5.92 Å². The molecule has 0 fully saturated rings. The summed E-state index contributed by atoms with van der Waals surface area (Å²) in [4.78, 5) is 11.2. The Hall–Kier alpha value is -1.24. The van der Waals surface area contributed by atoms with Gasteiger partial charge in [-0.25, -0.2) is 10.0 Å². The maximum Gasteiger partial charge on any atom is 0.243 e. The van der Waals surface area contributed by atoms with Gasteiger partial charge in [0, 0.05) is 20.0 Å². The molecule has 0 saturated carbocycles. The van der Waals surface area contributed by atoms with Crippen LogP contribution in [0.3, 0.4) is 0 Å². The van der Waals surface area contributed by atoms with Gasteiger partial charge in [-0.2, -0.15) is 5.26 Å². The van der Waals surface area contributed by atoms with Crippen molar-refractivity contribution in [2.75, 3.05) is 14.1 Å². The molecular weight excluding hydrogens is 142 g/mol. The van der Waals surface area contributed by atoms with Gasteiger partial charge in [0.15, 0.2) is 6.19 Å². The molecule has 0 aliphatic rings. The highest BCUT2D eigenvalue weighted by molar-refractivity contribution is 5.77. The standard InChI is InChI=1S/C7H13N3O/c1-6(2)7(11)10(4)9(3)5-8/h6H,1-4H3. The zero-order valence-electron chi connectivity index (χ0n) is 7.33. The number of rotatable bonds is 2. The van der Waals surface area contributed by atoms with E-state index in [1.54, 1.807) is 27.9 Å². The Kier molecular flexibility index (Phi) is 3.38. The largest absolute Gasteiger partial charge is 0.273 e. The number of amides is 1. The molecule has 0 aromatic heterocycles. The van der Waals surface area contributed by atoms with Crippen LogP contribution in [0.25, 0.3) is 0 Å². The van der Waals surface area contributed by atoms with Crippen molar-refractivity contribution in [3.8, 4) is 6.19 Å². The van der Waals surface area contributed by atoms with Crippen LogP contribution in [-0.4, -0.2) is 30.0 Å². The summed E-state index contributed by atoms with van der Waals surface area (Å²) in [6, 6.07) is 0. The Labute approximate surface area is 67.0 Å². The second-order valence-corrected chi connectivity index (χ2v) is 2.64. The van der Waals surface area contributed by atoms with Crippen molar-refractivity contribution in [1.82, 2.24) is 10.0 Å². The number of nitriles is 1. The molecule has 0 aromatic rings. The molecule has 0 rings (SSSR count). The van der Waals surface area contributed by atoms with Crippen molar-refractivity contribution in [3.63, 3.8) is 0 Å². The zero-order valence-corrected chi connectivity index (χ0v) is 7.33. The molecule has 0 unspecified atom stereocenters. The van der Waals surface area contributed by atoms with E-state index >= 15 is 0 Å². The fraction of sp³-hybridized carbons (Fsp3) is 0.714. The second kappa shape index (κ2) is 3.81. The fourth-order valence-corrected chi connectivity index (χ4v) is 0.589. The normalized spacial score (nSPS) is 9.09. The second-order valence-electron chi connectivity index (χ2n) is 2.64. The summed E-state index contributed by atoms with van der Waals surface area (Å²) in [6.45, 7) is 3.59. The van der Waals surface area contributed by atoms with Crippen molar-refractivity contribution in [1.29, 1.82) is 5.26 Å². The number of carbonyl (C=O) groups excluding carboxylic acids is 1. The van der Waals surface area contributed by atoms with Crippen LogP contribution >= 0.6 is 0 Å². The molecule has 0 saturated heterocycles. The van der Waals surface area contributed by atoms with E-state index in [2.05, 4.69) is 0 Å². The molecule has 4 nitrogen and oxygen atoms in total. The Morgan fingerprint density at radius 1 is 1.45 bits per heavy atom. The smallest absolute Gasteiger partial charge is 0.243 e. The van der Waals surface area contributed by atoms with E-state index in [4.69, 9.17) is 5.26 Å². The molecule has 0 spiro atoms. The predicted octanol–water partition coefficient (Wildman–Crippen LogP) is 0.429. The minimum absolute atomic E-state index is 0.0611. The molecule has 4 heteroatoms. The maximum atomic E-state index is 11.2. The molecule has 0 radical (unpaired) electrons. The lowest BCUT2D eigenvalue weighted by Crippen LogP contribution is -2.40. The Bertz CT molecular complexity index is 183. The minimum Gasteiger partial charge on any atom is -0.273 e. The number of carbonyl (C=O) groups is 1. The van der Waals surface area contributed by atoms with Crippen molar-refractivity contribution in [3.05, 3.63) is 0 Å². The van der Waals surface area contributed by atoms with Crippen LogP contribution in [0.2, 0.25) is 0 Å². The first kappa shape index (κ1) is 9.76. The van der Waals surface area contributed by atoms with Gasteiger partial charge in [0.1, 0.15) is 0 Å². The highest BCUT2D eigenvalue weighted by atomic mass is 16.2. The lowest BCUT2D eigenvalue weighted by atomic mass is 10.2. The van der Waals surface area contributed by atoms with Crippen LogP contribution in [0.1, 0.15) is 13.8 Å². The van der Waals surface area contributed by atoms with Gasteiger partial charge >= 0.3 is 0 Å². The summed E-state index contributed by atoms with van der Waals surface area (Å²) >= 11 is 0. The summed E-state index contributed by atoms with van der Waals surface area (Å²) < 4.78 is 0. The van der Waals surface area contributed by atoms with E-state index in [-0.39, 0.29) is 11.8 Å². The third-order valence-electron chi connectivity index (χ3n) is 1.41. The van der Waals surface area contributed by atoms with Gasteiger partial charge in [-0.1, -0.05) is 13.8 Å². The quantitative estimate of drug-likeness (QED) is 0.330. The molecule has 1 amide bonds. The van der Waals surface area contributed by atoms with Crippen molar-refractivity contribution >= 4 is 5.91 Å². The highest BCUT2D eigenvalue weighted by Gasteiger charge is 2.15. The number of hydrazine groups is 1. The molecule has 0 bridgehead atoms.